The van der Waals surface area contributed by atoms with E-state index in [2.05, 4.69) is 5.32 Å². The number of benzene rings is 1. The summed E-state index contributed by atoms with van der Waals surface area (Å²) in [6.45, 7) is 1.69. The van der Waals surface area contributed by atoms with Crippen LogP contribution in [0.25, 0.3) is 0 Å². The molecule has 0 aromatic heterocycles. The molecule has 0 aliphatic carbocycles. The summed E-state index contributed by atoms with van der Waals surface area (Å²) in [6, 6.07) is 7.23. The highest BCUT2D eigenvalue weighted by molar-refractivity contribution is 5.97. The van der Waals surface area contributed by atoms with Crippen molar-refractivity contribution in [2.24, 2.45) is 0 Å². The lowest BCUT2D eigenvalue weighted by Gasteiger charge is -2.38. The highest BCUT2D eigenvalue weighted by atomic mass is 16.5. The number of likely N-dealkylation sites (tertiary alicyclic amines) is 1. The minimum absolute atomic E-state index is 0.0334. The molecule has 20 heavy (non-hydrogen) atoms. The number of aliphatic hydroxyl groups is 1. The summed E-state index contributed by atoms with van der Waals surface area (Å²) in [5.41, 5.74) is -0.124. The van der Waals surface area contributed by atoms with Crippen LogP contribution in [-0.2, 0) is 0 Å². The van der Waals surface area contributed by atoms with Gasteiger partial charge in [0, 0.05) is 19.6 Å². The fourth-order valence-corrected chi connectivity index (χ4v) is 2.62. The summed E-state index contributed by atoms with van der Waals surface area (Å²) in [6.07, 6.45) is 1.18. The minimum Gasteiger partial charge on any atom is -0.496 e. The van der Waals surface area contributed by atoms with Gasteiger partial charge in [0.15, 0.2) is 0 Å². The first-order valence-corrected chi connectivity index (χ1v) is 6.89. The molecule has 1 aromatic carbocycles. The van der Waals surface area contributed by atoms with Crippen LogP contribution in [0.5, 0.6) is 5.75 Å². The van der Waals surface area contributed by atoms with E-state index in [0.717, 1.165) is 0 Å². The molecule has 0 atom stereocenters. The highest BCUT2D eigenvalue weighted by Crippen LogP contribution is 2.25. The molecule has 2 N–H and O–H groups in total. The van der Waals surface area contributed by atoms with Crippen LogP contribution < -0.4 is 10.1 Å². The topological polar surface area (TPSA) is 61.8 Å². The minimum atomic E-state index is -0.702. The van der Waals surface area contributed by atoms with Crippen LogP contribution in [0.1, 0.15) is 23.2 Å². The Labute approximate surface area is 119 Å². The molecule has 1 saturated heterocycles. The van der Waals surface area contributed by atoms with Crippen LogP contribution in [0.15, 0.2) is 24.3 Å². The zero-order valence-corrected chi connectivity index (χ0v) is 12.1. The van der Waals surface area contributed by atoms with E-state index in [9.17, 15) is 9.90 Å². The largest absolute Gasteiger partial charge is 0.496 e. The van der Waals surface area contributed by atoms with Crippen LogP contribution >= 0.6 is 0 Å². The number of piperidine rings is 1. The number of nitrogens with one attached hydrogen (secondary N) is 1. The second-order valence-electron chi connectivity index (χ2n) is 5.25. The molecule has 0 bridgehead atoms. The highest BCUT2D eigenvalue weighted by Gasteiger charge is 2.33. The van der Waals surface area contributed by atoms with E-state index in [1.807, 2.05) is 19.2 Å². The molecular weight excluding hydrogens is 256 g/mol. The normalized spacial score (nSPS) is 17.9. The van der Waals surface area contributed by atoms with Gasteiger partial charge in [-0.3, -0.25) is 4.79 Å². The zero-order valence-electron chi connectivity index (χ0n) is 12.1. The summed E-state index contributed by atoms with van der Waals surface area (Å²) in [5, 5.41) is 13.3. The Morgan fingerprint density at radius 3 is 2.65 bits per heavy atom. The molecule has 5 nitrogen and oxygen atoms in total. The van der Waals surface area contributed by atoms with Crippen molar-refractivity contribution in [2.45, 2.75) is 18.4 Å². The van der Waals surface area contributed by atoms with Crippen molar-refractivity contribution >= 4 is 5.91 Å². The molecule has 1 aliphatic heterocycles. The van der Waals surface area contributed by atoms with Gasteiger partial charge >= 0.3 is 0 Å². The van der Waals surface area contributed by atoms with Crippen molar-refractivity contribution in [3.05, 3.63) is 29.8 Å². The molecular formula is C15H22N2O3. The number of ether oxygens (including phenoxy) is 1. The Bertz CT molecular complexity index is 468. The van der Waals surface area contributed by atoms with Crippen molar-refractivity contribution in [1.29, 1.82) is 0 Å². The molecule has 1 aliphatic rings. The van der Waals surface area contributed by atoms with Gasteiger partial charge < -0.3 is 20.1 Å². The molecule has 0 spiro atoms. The van der Waals surface area contributed by atoms with E-state index in [1.54, 1.807) is 24.1 Å². The van der Waals surface area contributed by atoms with Gasteiger partial charge in [0.05, 0.1) is 18.3 Å². The number of likely N-dealkylation sites (N-methyl/N-ethyl adjacent to an activating group) is 1. The molecule has 1 heterocycles. The lowest BCUT2D eigenvalue weighted by atomic mass is 9.91. The Kier molecular flexibility index (Phi) is 4.62. The van der Waals surface area contributed by atoms with Crippen molar-refractivity contribution in [3.63, 3.8) is 0 Å². The number of nitrogens with zero attached hydrogens (tertiary/aromatic N) is 1. The molecule has 0 saturated carbocycles. The standard InChI is InChI=1S/C15H22N2O3/c1-16-11-15(19)7-9-17(10-8-15)14(18)12-5-3-4-6-13(12)20-2/h3-6,16,19H,7-11H2,1-2H3. The maximum Gasteiger partial charge on any atom is 0.257 e. The molecule has 1 fully saturated rings. The number of amides is 1. The third kappa shape index (κ3) is 3.11. The lowest BCUT2D eigenvalue weighted by molar-refractivity contribution is -0.0144. The number of carbonyl (C=O) groups is 1. The molecule has 0 radical (unpaired) electrons. The van der Waals surface area contributed by atoms with E-state index in [1.165, 1.54) is 0 Å². The average molecular weight is 278 g/mol. The number of carbonyl (C=O) groups excluding carboxylic acids is 1. The van der Waals surface area contributed by atoms with Gasteiger partial charge in [-0.15, -0.1) is 0 Å². The monoisotopic (exact) mass is 278 g/mol. The Morgan fingerprint density at radius 1 is 1.40 bits per heavy atom. The van der Waals surface area contributed by atoms with Crippen molar-refractivity contribution < 1.29 is 14.6 Å². The number of methoxy groups -OCH3 is 1. The van der Waals surface area contributed by atoms with Crippen molar-refractivity contribution in [2.75, 3.05) is 33.8 Å². The van der Waals surface area contributed by atoms with Gasteiger partial charge in [0.25, 0.3) is 5.91 Å². The first kappa shape index (κ1) is 14.8. The van der Waals surface area contributed by atoms with Crippen LogP contribution in [0, 0.1) is 0 Å². The summed E-state index contributed by atoms with van der Waals surface area (Å²) >= 11 is 0. The van der Waals surface area contributed by atoms with E-state index >= 15 is 0 Å². The van der Waals surface area contributed by atoms with Crippen molar-refractivity contribution in [1.82, 2.24) is 10.2 Å². The molecule has 0 unspecified atom stereocenters. The lowest BCUT2D eigenvalue weighted by Crippen LogP contribution is -2.50. The Hall–Kier alpha value is -1.59. The fourth-order valence-electron chi connectivity index (χ4n) is 2.62. The zero-order chi connectivity index (χ0) is 14.6. The van der Waals surface area contributed by atoms with E-state index < -0.39 is 5.60 Å². The SMILES string of the molecule is CNCC1(O)CCN(C(=O)c2ccccc2OC)CC1. The quantitative estimate of drug-likeness (QED) is 0.858. The summed E-state index contributed by atoms with van der Waals surface area (Å²) < 4.78 is 5.23. The van der Waals surface area contributed by atoms with Crippen LogP contribution in [0.3, 0.4) is 0 Å². The Morgan fingerprint density at radius 2 is 2.05 bits per heavy atom. The molecule has 1 amide bonds. The second kappa shape index (κ2) is 6.24. The first-order chi connectivity index (χ1) is 9.59. The van der Waals surface area contributed by atoms with Crippen molar-refractivity contribution in [3.8, 4) is 5.75 Å². The van der Waals surface area contributed by atoms with E-state index in [-0.39, 0.29) is 5.91 Å². The predicted octanol–water partition coefficient (Wildman–Crippen LogP) is 0.882. The predicted molar refractivity (Wildman–Crippen MR) is 77.0 cm³/mol. The maximum absolute atomic E-state index is 12.5. The van der Waals surface area contributed by atoms with Gasteiger partial charge in [-0.25, -0.2) is 0 Å². The average Bonchev–Trinajstić information content (AvgIpc) is 2.47. The van der Waals surface area contributed by atoms with Gasteiger partial charge in [-0.2, -0.15) is 0 Å². The molecule has 1 aromatic rings. The van der Waals surface area contributed by atoms with Gasteiger partial charge in [0.2, 0.25) is 0 Å². The molecule has 5 heteroatoms. The second-order valence-corrected chi connectivity index (χ2v) is 5.25. The van der Waals surface area contributed by atoms with Crippen LogP contribution in [0.2, 0.25) is 0 Å². The number of rotatable bonds is 4. The van der Waals surface area contributed by atoms with Gasteiger partial charge in [-0.05, 0) is 32.0 Å². The first-order valence-electron chi connectivity index (χ1n) is 6.89. The molecule has 110 valence electrons. The Balaban J connectivity index is 2.05. The number of hydrogen-bond donors (Lipinski definition) is 2. The third-order valence-corrected chi connectivity index (χ3v) is 3.82. The fraction of sp³-hybridized carbons (Fsp3) is 0.533. The van der Waals surface area contributed by atoms with Gasteiger partial charge in [-0.1, -0.05) is 12.1 Å². The summed E-state index contributed by atoms with van der Waals surface area (Å²) in [5.74, 6) is 0.558. The third-order valence-electron chi connectivity index (χ3n) is 3.82. The summed E-state index contributed by atoms with van der Waals surface area (Å²) in [7, 11) is 3.39. The molecule has 2 rings (SSSR count). The summed E-state index contributed by atoms with van der Waals surface area (Å²) in [4.78, 5) is 14.3. The van der Waals surface area contributed by atoms with E-state index in [4.69, 9.17) is 4.74 Å². The van der Waals surface area contributed by atoms with Crippen LogP contribution in [0.4, 0.5) is 0 Å². The smallest absolute Gasteiger partial charge is 0.257 e. The van der Waals surface area contributed by atoms with Gasteiger partial charge in [0.1, 0.15) is 5.75 Å². The van der Waals surface area contributed by atoms with Crippen LogP contribution in [-0.4, -0.2) is 55.3 Å². The number of para-hydroxylation sites is 1. The van der Waals surface area contributed by atoms with E-state index in [0.29, 0.717) is 43.8 Å². The maximum atomic E-state index is 12.5. The number of hydrogen-bond acceptors (Lipinski definition) is 4.